The van der Waals surface area contributed by atoms with Crippen LogP contribution in [0.15, 0.2) is 0 Å². The first-order valence-electron chi connectivity index (χ1n) is 6.81. The zero-order valence-corrected chi connectivity index (χ0v) is 12.1. The minimum atomic E-state index is -3.19. The molecular weight excluding hydrogens is 268 g/mol. The first-order valence-corrected chi connectivity index (χ1v) is 8.66. The van der Waals surface area contributed by atoms with Gasteiger partial charge in [0.05, 0.1) is 18.3 Å². The molecule has 2 fully saturated rings. The molecule has 1 N–H and O–H groups in total. The van der Waals surface area contributed by atoms with Gasteiger partial charge in [-0.15, -0.1) is 0 Å². The lowest BCUT2D eigenvalue weighted by molar-refractivity contribution is -0.126. The Bertz CT molecular complexity index is 417. The summed E-state index contributed by atoms with van der Waals surface area (Å²) in [7, 11) is -3.19. The summed E-state index contributed by atoms with van der Waals surface area (Å²) in [5, 5.41) is 2.88. The van der Waals surface area contributed by atoms with E-state index in [1.807, 2.05) is 0 Å². The summed E-state index contributed by atoms with van der Waals surface area (Å²) in [6, 6.07) is 0. The average molecular weight is 290 g/mol. The summed E-state index contributed by atoms with van der Waals surface area (Å²) in [6.45, 7) is 2.13. The normalized spacial score (nSPS) is 29.3. The molecule has 0 spiro atoms. The third-order valence-electron chi connectivity index (χ3n) is 3.75. The van der Waals surface area contributed by atoms with Gasteiger partial charge in [-0.05, 0) is 25.7 Å². The molecule has 110 valence electrons. The van der Waals surface area contributed by atoms with Crippen molar-refractivity contribution in [3.63, 3.8) is 0 Å². The maximum Gasteiger partial charge on any atom is 0.224 e. The molecule has 7 heteroatoms. The molecule has 0 radical (unpaired) electrons. The highest BCUT2D eigenvalue weighted by Crippen LogP contribution is 2.19. The van der Waals surface area contributed by atoms with Crippen LogP contribution in [0.4, 0.5) is 0 Å². The summed E-state index contributed by atoms with van der Waals surface area (Å²) >= 11 is 0. The Morgan fingerprint density at radius 3 is 2.79 bits per heavy atom. The summed E-state index contributed by atoms with van der Waals surface area (Å²) in [4.78, 5) is 12.0. The molecule has 0 bridgehead atoms. The van der Waals surface area contributed by atoms with Crippen LogP contribution < -0.4 is 5.32 Å². The maximum absolute atomic E-state index is 12.0. The van der Waals surface area contributed by atoms with Gasteiger partial charge in [-0.1, -0.05) is 0 Å². The van der Waals surface area contributed by atoms with Crippen molar-refractivity contribution in [3.8, 4) is 0 Å². The third kappa shape index (κ3) is 4.15. The lowest BCUT2D eigenvalue weighted by Crippen LogP contribution is -2.46. The van der Waals surface area contributed by atoms with Crippen LogP contribution in [-0.4, -0.2) is 57.2 Å². The van der Waals surface area contributed by atoms with Crippen molar-refractivity contribution in [2.45, 2.75) is 31.8 Å². The molecule has 0 aromatic carbocycles. The Morgan fingerprint density at radius 1 is 1.37 bits per heavy atom. The fourth-order valence-electron chi connectivity index (χ4n) is 2.62. The van der Waals surface area contributed by atoms with Crippen molar-refractivity contribution in [1.29, 1.82) is 0 Å². The van der Waals surface area contributed by atoms with Crippen LogP contribution in [0.25, 0.3) is 0 Å². The lowest BCUT2D eigenvalue weighted by Gasteiger charge is -2.30. The van der Waals surface area contributed by atoms with Gasteiger partial charge in [-0.25, -0.2) is 12.7 Å². The zero-order valence-electron chi connectivity index (χ0n) is 11.3. The molecule has 0 aromatic rings. The van der Waals surface area contributed by atoms with Gasteiger partial charge >= 0.3 is 0 Å². The van der Waals surface area contributed by atoms with Gasteiger partial charge in [0, 0.05) is 26.2 Å². The van der Waals surface area contributed by atoms with E-state index in [2.05, 4.69) is 5.32 Å². The molecule has 1 amide bonds. The Hall–Kier alpha value is -0.660. The van der Waals surface area contributed by atoms with E-state index in [-0.39, 0.29) is 17.9 Å². The molecule has 0 saturated carbocycles. The molecule has 2 rings (SSSR count). The van der Waals surface area contributed by atoms with Crippen LogP contribution in [0, 0.1) is 5.92 Å². The van der Waals surface area contributed by atoms with Crippen molar-refractivity contribution in [2.24, 2.45) is 5.92 Å². The molecule has 2 saturated heterocycles. The van der Waals surface area contributed by atoms with Gasteiger partial charge in [0.2, 0.25) is 15.9 Å². The predicted octanol–water partition coefficient (Wildman–Crippen LogP) is -0.0468. The molecule has 0 aliphatic carbocycles. The van der Waals surface area contributed by atoms with Gasteiger partial charge in [0.25, 0.3) is 0 Å². The number of nitrogens with one attached hydrogen (secondary N) is 1. The number of hydrogen-bond donors (Lipinski definition) is 1. The quantitative estimate of drug-likeness (QED) is 0.788. The lowest BCUT2D eigenvalue weighted by atomic mass is 9.99. The number of rotatable bonds is 4. The van der Waals surface area contributed by atoms with Crippen LogP contribution >= 0.6 is 0 Å². The largest absolute Gasteiger partial charge is 0.376 e. The number of carbonyl (C=O) groups is 1. The topological polar surface area (TPSA) is 75.7 Å². The maximum atomic E-state index is 12.0. The van der Waals surface area contributed by atoms with E-state index in [1.54, 1.807) is 0 Å². The van der Waals surface area contributed by atoms with Crippen molar-refractivity contribution < 1.29 is 17.9 Å². The minimum absolute atomic E-state index is 0.0520. The Balaban J connectivity index is 1.81. The van der Waals surface area contributed by atoms with E-state index < -0.39 is 10.0 Å². The van der Waals surface area contributed by atoms with Gasteiger partial charge in [0.1, 0.15) is 0 Å². The number of hydrogen-bond acceptors (Lipinski definition) is 4. The Labute approximate surface area is 114 Å². The highest BCUT2D eigenvalue weighted by molar-refractivity contribution is 7.88. The molecule has 2 atom stereocenters. The fourth-order valence-corrected chi connectivity index (χ4v) is 3.53. The molecule has 2 aliphatic heterocycles. The number of sulfonamides is 1. The van der Waals surface area contributed by atoms with Crippen LogP contribution in [0.1, 0.15) is 25.7 Å². The van der Waals surface area contributed by atoms with E-state index in [1.165, 1.54) is 10.6 Å². The molecule has 6 nitrogen and oxygen atoms in total. The average Bonchev–Trinajstić information content (AvgIpc) is 2.88. The molecule has 0 unspecified atom stereocenters. The predicted molar refractivity (Wildman–Crippen MR) is 71.1 cm³/mol. The standard InChI is InChI=1S/C12H22N2O4S/c1-19(16,17)14-6-2-4-10(9-14)12(15)13-8-11-5-3-7-18-11/h10-11H,2-9H2,1H3,(H,13,15)/t10-,11+/m0/s1. The Morgan fingerprint density at radius 2 is 2.16 bits per heavy atom. The van der Waals surface area contributed by atoms with E-state index >= 15 is 0 Å². The summed E-state index contributed by atoms with van der Waals surface area (Å²) in [5.41, 5.74) is 0. The summed E-state index contributed by atoms with van der Waals surface area (Å²) < 4.78 is 29.8. The molecule has 19 heavy (non-hydrogen) atoms. The minimum Gasteiger partial charge on any atom is -0.376 e. The number of piperidine rings is 1. The third-order valence-corrected chi connectivity index (χ3v) is 5.02. The first-order chi connectivity index (χ1) is 8.97. The van der Waals surface area contributed by atoms with Gasteiger partial charge in [-0.3, -0.25) is 4.79 Å². The number of nitrogens with zero attached hydrogens (tertiary/aromatic N) is 1. The molecule has 2 heterocycles. The molecule has 0 aromatic heterocycles. The second kappa shape index (κ2) is 6.19. The highest BCUT2D eigenvalue weighted by Gasteiger charge is 2.30. The Kier molecular flexibility index (Phi) is 4.81. The first kappa shape index (κ1) is 14.7. The zero-order chi connectivity index (χ0) is 13.9. The number of ether oxygens (including phenoxy) is 1. The molecular formula is C12H22N2O4S. The van der Waals surface area contributed by atoms with Crippen molar-refractivity contribution in [3.05, 3.63) is 0 Å². The molecule has 2 aliphatic rings. The fraction of sp³-hybridized carbons (Fsp3) is 0.917. The number of amides is 1. The van der Waals surface area contributed by atoms with Gasteiger partial charge in [-0.2, -0.15) is 0 Å². The second-order valence-electron chi connectivity index (χ2n) is 5.34. The van der Waals surface area contributed by atoms with Crippen LogP contribution in [0.3, 0.4) is 0 Å². The van der Waals surface area contributed by atoms with E-state index in [0.29, 0.717) is 19.6 Å². The van der Waals surface area contributed by atoms with E-state index in [4.69, 9.17) is 4.74 Å². The van der Waals surface area contributed by atoms with Crippen molar-refractivity contribution in [1.82, 2.24) is 9.62 Å². The van der Waals surface area contributed by atoms with E-state index in [0.717, 1.165) is 32.3 Å². The SMILES string of the molecule is CS(=O)(=O)N1CCC[C@H](C(=O)NC[C@H]2CCCO2)C1. The highest BCUT2D eigenvalue weighted by atomic mass is 32.2. The number of carbonyl (C=O) groups excluding carboxylic acids is 1. The van der Waals surface area contributed by atoms with E-state index in [9.17, 15) is 13.2 Å². The monoisotopic (exact) mass is 290 g/mol. The summed E-state index contributed by atoms with van der Waals surface area (Å²) in [5.74, 6) is -0.284. The van der Waals surface area contributed by atoms with Crippen LogP contribution in [0.5, 0.6) is 0 Å². The van der Waals surface area contributed by atoms with Crippen molar-refractivity contribution >= 4 is 15.9 Å². The van der Waals surface area contributed by atoms with Crippen LogP contribution in [-0.2, 0) is 19.6 Å². The van der Waals surface area contributed by atoms with Gasteiger partial charge in [0.15, 0.2) is 0 Å². The second-order valence-corrected chi connectivity index (χ2v) is 7.32. The summed E-state index contributed by atoms with van der Waals surface area (Å²) in [6.07, 6.45) is 4.85. The smallest absolute Gasteiger partial charge is 0.224 e. The van der Waals surface area contributed by atoms with Crippen molar-refractivity contribution in [2.75, 3.05) is 32.5 Å². The van der Waals surface area contributed by atoms with Crippen LogP contribution in [0.2, 0.25) is 0 Å². The van der Waals surface area contributed by atoms with Gasteiger partial charge < -0.3 is 10.1 Å².